The molecule has 1 aliphatic rings. The number of likely N-dealkylation sites (N-methyl/N-ethyl adjacent to an activating group) is 1. The second kappa shape index (κ2) is 6.83. The van der Waals surface area contributed by atoms with Crippen molar-refractivity contribution in [2.24, 2.45) is 10.7 Å². The molecule has 146 valence electrons. The van der Waals surface area contributed by atoms with E-state index in [1.165, 1.54) is 35.4 Å². The van der Waals surface area contributed by atoms with Crippen molar-refractivity contribution >= 4 is 23.2 Å². The number of carbonyl (C=O) groups excluding carboxylic acids is 1. The largest absolute Gasteiger partial charge is 0.573 e. The number of hydrogen-bond acceptors (Lipinski definition) is 6. The first-order valence-electron chi connectivity index (χ1n) is 8.04. The van der Waals surface area contributed by atoms with Crippen LogP contribution in [0.5, 0.6) is 5.75 Å². The molecule has 3 rings (SSSR count). The molecule has 2 unspecified atom stereocenters. The van der Waals surface area contributed by atoms with Crippen LogP contribution in [-0.2, 0) is 10.3 Å². The average Bonchev–Trinajstić information content (AvgIpc) is 3.10. The van der Waals surface area contributed by atoms with Gasteiger partial charge in [0.2, 0.25) is 5.91 Å². The van der Waals surface area contributed by atoms with Crippen LogP contribution in [0, 0.1) is 11.3 Å². The molecule has 2 aromatic rings. The third-order valence-electron chi connectivity index (χ3n) is 4.49. The summed E-state index contributed by atoms with van der Waals surface area (Å²) in [7, 11) is 1.48. The summed E-state index contributed by atoms with van der Waals surface area (Å²) >= 11 is 1.19. The highest BCUT2D eigenvalue weighted by Crippen LogP contribution is 2.46. The van der Waals surface area contributed by atoms with Crippen molar-refractivity contribution in [3.8, 4) is 11.8 Å². The van der Waals surface area contributed by atoms with Crippen LogP contribution >= 0.6 is 11.3 Å². The molecule has 0 fully saturated rings. The number of guanidine groups is 1. The van der Waals surface area contributed by atoms with Crippen molar-refractivity contribution in [2.75, 3.05) is 7.05 Å². The second-order valence-corrected chi connectivity index (χ2v) is 7.42. The lowest BCUT2D eigenvalue weighted by Gasteiger charge is -2.40. The minimum absolute atomic E-state index is 0.0210. The van der Waals surface area contributed by atoms with E-state index in [1.807, 2.05) is 6.07 Å². The molecule has 6 nitrogen and oxygen atoms in total. The minimum atomic E-state index is -4.81. The number of amides is 1. The monoisotopic (exact) mass is 408 g/mol. The van der Waals surface area contributed by atoms with Gasteiger partial charge < -0.3 is 10.5 Å². The minimum Gasteiger partial charge on any atom is -0.406 e. The Hall–Kier alpha value is -3.06. The number of rotatable bonds is 3. The Bertz CT molecular complexity index is 978. The van der Waals surface area contributed by atoms with E-state index in [9.17, 15) is 18.0 Å². The van der Waals surface area contributed by atoms with E-state index in [0.717, 1.165) is 12.1 Å². The van der Waals surface area contributed by atoms with Gasteiger partial charge in [-0.2, -0.15) is 5.26 Å². The fourth-order valence-corrected chi connectivity index (χ4v) is 4.05. The number of alkyl halides is 3. The van der Waals surface area contributed by atoms with Crippen molar-refractivity contribution in [3.63, 3.8) is 0 Å². The standard InChI is InChI=1S/C18H15F3N4O2S/c1-17(13-8-7-12(9-22)28-13)14(15(26)25(2)16(23)24-17)10-3-5-11(6-4-10)27-18(19,20)21/h3-8,14H,1-2H3,(H2,23,24). The Balaban J connectivity index is 2.07. The van der Waals surface area contributed by atoms with Gasteiger partial charge in [-0.3, -0.25) is 9.69 Å². The molecular formula is C18H15F3N4O2S. The van der Waals surface area contributed by atoms with Crippen LogP contribution in [0.3, 0.4) is 0 Å². The van der Waals surface area contributed by atoms with Gasteiger partial charge in [-0.15, -0.1) is 24.5 Å². The predicted molar refractivity (Wildman–Crippen MR) is 96.6 cm³/mol. The zero-order valence-electron chi connectivity index (χ0n) is 14.8. The number of benzene rings is 1. The van der Waals surface area contributed by atoms with Gasteiger partial charge in [-0.25, -0.2) is 4.99 Å². The maximum atomic E-state index is 13.0. The van der Waals surface area contributed by atoms with E-state index >= 15 is 0 Å². The summed E-state index contributed by atoms with van der Waals surface area (Å²) in [5.74, 6) is -1.56. The number of carbonyl (C=O) groups is 1. The fourth-order valence-electron chi connectivity index (χ4n) is 3.12. The Kier molecular flexibility index (Phi) is 4.81. The molecule has 0 aliphatic carbocycles. The number of ether oxygens (including phenoxy) is 1. The molecule has 1 aromatic heterocycles. The van der Waals surface area contributed by atoms with Crippen molar-refractivity contribution in [1.29, 1.82) is 5.26 Å². The third kappa shape index (κ3) is 3.53. The number of aliphatic imine (C=N–C) groups is 1. The third-order valence-corrected chi connectivity index (χ3v) is 5.71. The van der Waals surface area contributed by atoms with Crippen LogP contribution in [0.1, 0.15) is 28.2 Å². The van der Waals surface area contributed by atoms with Crippen molar-refractivity contribution < 1.29 is 22.7 Å². The molecule has 1 aliphatic heterocycles. The first-order valence-corrected chi connectivity index (χ1v) is 8.86. The van der Waals surface area contributed by atoms with Crippen LogP contribution in [-0.4, -0.2) is 30.2 Å². The number of hydrogen-bond donors (Lipinski definition) is 1. The Morgan fingerprint density at radius 3 is 2.46 bits per heavy atom. The molecule has 0 bridgehead atoms. The normalized spacial score (nSPS) is 22.6. The van der Waals surface area contributed by atoms with Crippen LogP contribution < -0.4 is 10.5 Å². The smallest absolute Gasteiger partial charge is 0.406 e. The summed E-state index contributed by atoms with van der Waals surface area (Å²) in [6.45, 7) is 1.71. The summed E-state index contributed by atoms with van der Waals surface area (Å²) in [5.41, 5.74) is 5.25. The van der Waals surface area contributed by atoms with Gasteiger partial charge in [-0.1, -0.05) is 12.1 Å². The van der Waals surface area contributed by atoms with Crippen LogP contribution in [0.25, 0.3) is 0 Å². The zero-order chi connectivity index (χ0) is 20.7. The molecule has 2 atom stereocenters. The van der Waals surface area contributed by atoms with Crippen LogP contribution in [0.15, 0.2) is 41.4 Å². The fraction of sp³-hybridized carbons (Fsp3) is 0.278. The van der Waals surface area contributed by atoms with Crippen LogP contribution in [0.4, 0.5) is 13.2 Å². The summed E-state index contributed by atoms with van der Waals surface area (Å²) in [4.78, 5) is 19.8. The summed E-state index contributed by atoms with van der Waals surface area (Å²) in [6.07, 6.45) is -4.81. The van der Waals surface area contributed by atoms with E-state index in [-0.39, 0.29) is 17.6 Å². The number of halogens is 3. The number of thiophene rings is 1. The lowest BCUT2D eigenvalue weighted by atomic mass is 9.78. The molecule has 2 N–H and O–H groups in total. The molecule has 2 heterocycles. The summed E-state index contributed by atoms with van der Waals surface area (Å²) in [6, 6.07) is 10.4. The Labute approximate surface area is 162 Å². The highest BCUT2D eigenvalue weighted by atomic mass is 32.1. The zero-order valence-corrected chi connectivity index (χ0v) is 15.6. The van der Waals surface area contributed by atoms with E-state index < -0.39 is 17.8 Å². The second-order valence-electron chi connectivity index (χ2n) is 6.34. The van der Waals surface area contributed by atoms with E-state index in [2.05, 4.69) is 9.73 Å². The highest BCUT2D eigenvalue weighted by molar-refractivity contribution is 7.12. The van der Waals surface area contributed by atoms with E-state index in [4.69, 9.17) is 11.0 Å². The van der Waals surface area contributed by atoms with Gasteiger partial charge in [0, 0.05) is 11.9 Å². The quantitative estimate of drug-likeness (QED) is 0.844. The summed E-state index contributed by atoms with van der Waals surface area (Å²) < 4.78 is 41.1. The van der Waals surface area contributed by atoms with Crippen molar-refractivity contribution in [2.45, 2.75) is 24.7 Å². The lowest BCUT2D eigenvalue weighted by molar-refractivity contribution is -0.274. The average molecular weight is 408 g/mol. The molecule has 0 saturated carbocycles. The van der Waals surface area contributed by atoms with E-state index in [1.54, 1.807) is 19.1 Å². The summed E-state index contributed by atoms with van der Waals surface area (Å²) in [5, 5.41) is 9.10. The number of nitriles is 1. The maximum Gasteiger partial charge on any atom is 0.573 e. The molecule has 0 radical (unpaired) electrons. The van der Waals surface area contributed by atoms with E-state index in [0.29, 0.717) is 15.3 Å². The predicted octanol–water partition coefficient (Wildman–Crippen LogP) is 3.30. The molecule has 0 spiro atoms. The first kappa shape index (κ1) is 19.7. The number of nitrogens with two attached hydrogens (primary N) is 1. The van der Waals surface area contributed by atoms with Gasteiger partial charge in [0.05, 0.1) is 5.92 Å². The van der Waals surface area contributed by atoms with Gasteiger partial charge in [-0.05, 0) is 36.8 Å². The topological polar surface area (TPSA) is 91.7 Å². The molecule has 1 amide bonds. The van der Waals surface area contributed by atoms with Gasteiger partial charge in [0.1, 0.15) is 22.2 Å². The SMILES string of the molecule is CN1C(=O)C(c2ccc(OC(F)(F)F)cc2)C(C)(c2ccc(C#N)s2)N=C1N. The molecule has 1 aromatic carbocycles. The lowest BCUT2D eigenvalue weighted by Crippen LogP contribution is -2.52. The van der Waals surface area contributed by atoms with Gasteiger partial charge in [0.15, 0.2) is 5.96 Å². The molecule has 10 heteroatoms. The van der Waals surface area contributed by atoms with Gasteiger partial charge >= 0.3 is 6.36 Å². The molecular weight excluding hydrogens is 393 g/mol. The van der Waals surface area contributed by atoms with Crippen LogP contribution in [0.2, 0.25) is 0 Å². The Morgan fingerprint density at radius 2 is 1.93 bits per heavy atom. The Morgan fingerprint density at radius 1 is 1.29 bits per heavy atom. The van der Waals surface area contributed by atoms with Gasteiger partial charge in [0.25, 0.3) is 0 Å². The maximum absolute atomic E-state index is 13.0. The van der Waals surface area contributed by atoms with Crippen molar-refractivity contribution in [3.05, 3.63) is 51.7 Å². The molecule has 0 saturated heterocycles. The first-order chi connectivity index (χ1) is 13.0. The molecule has 28 heavy (non-hydrogen) atoms. The van der Waals surface area contributed by atoms with Crippen molar-refractivity contribution in [1.82, 2.24) is 4.90 Å². The number of nitrogens with zero attached hydrogens (tertiary/aromatic N) is 3. The highest BCUT2D eigenvalue weighted by Gasteiger charge is 2.48.